The summed E-state index contributed by atoms with van der Waals surface area (Å²) in [6.45, 7) is 0.537. The Hall–Kier alpha value is -2.09. The number of alkyl halides is 3. The van der Waals surface area contributed by atoms with Gasteiger partial charge in [-0.15, -0.1) is 0 Å². The van der Waals surface area contributed by atoms with E-state index in [9.17, 15) is 23.1 Å². The predicted molar refractivity (Wildman–Crippen MR) is 68.9 cm³/mol. The molecule has 0 radical (unpaired) electrons. The summed E-state index contributed by atoms with van der Waals surface area (Å²) in [6.07, 6.45) is -4.77. The number of anilines is 1. The van der Waals surface area contributed by atoms with Crippen LogP contribution in [0, 0.1) is 0 Å². The molecular weight excluding hydrogens is 289 g/mol. The number of aliphatic imine (C=N–C) groups is 1. The van der Waals surface area contributed by atoms with Crippen molar-refractivity contribution in [1.82, 2.24) is 0 Å². The number of amidine groups is 1. The number of amides is 1. The van der Waals surface area contributed by atoms with E-state index in [1.807, 2.05) is 0 Å². The van der Waals surface area contributed by atoms with Gasteiger partial charge in [-0.05, 0) is 24.6 Å². The number of carbonyl (C=O) groups excluding carboxylic acids is 1. The molecule has 0 aromatic heterocycles. The molecule has 1 unspecified atom stereocenters. The second-order valence-corrected chi connectivity index (χ2v) is 4.75. The molecule has 114 valence electrons. The lowest BCUT2D eigenvalue weighted by Crippen LogP contribution is -2.39. The molecule has 5 nitrogen and oxygen atoms in total. The van der Waals surface area contributed by atoms with Gasteiger partial charge >= 0.3 is 6.18 Å². The Labute approximate surface area is 118 Å². The standard InChI is InChI=1S/C13H13F3N2O3/c1-12(20,13(14,15)16)8-3-5-9(6-4-8)18(2)11-17-10(19)7-21-11/h3-6,20H,7H2,1-2H3. The smallest absolute Gasteiger partial charge is 0.421 e. The number of benzene rings is 1. The Bertz CT molecular complexity index is 579. The Morgan fingerprint density at radius 3 is 2.29 bits per heavy atom. The Balaban J connectivity index is 2.24. The van der Waals surface area contributed by atoms with Crippen LogP contribution in [0.3, 0.4) is 0 Å². The zero-order valence-corrected chi connectivity index (χ0v) is 11.3. The van der Waals surface area contributed by atoms with Gasteiger partial charge in [0, 0.05) is 12.7 Å². The van der Waals surface area contributed by atoms with Crippen LogP contribution in [0.5, 0.6) is 0 Å². The van der Waals surface area contributed by atoms with Gasteiger partial charge in [-0.1, -0.05) is 12.1 Å². The fraction of sp³-hybridized carbons (Fsp3) is 0.385. The molecule has 1 aromatic rings. The van der Waals surface area contributed by atoms with E-state index in [0.29, 0.717) is 12.6 Å². The Morgan fingerprint density at radius 1 is 1.29 bits per heavy atom. The third kappa shape index (κ3) is 2.85. The number of aliphatic hydroxyl groups is 1. The van der Waals surface area contributed by atoms with Crippen LogP contribution in [0.15, 0.2) is 29.3 Å². The van der Waals surface area contributed by atoms with Crippen molar-refractivity contribution in [3.05, 3.63) is 29.8 Å². The van der Waals surface area contributed by atoms with Gasteiger partial charge in [0.15, 0.2) is 12.2 Å². The molecule has 0 saturated carbocycles. The van der Waals surface area contributed by atoms with Crippen LogP contribution in [0.2, 0.25) is 0 Å². The fourth-order valence-electron chi connectivity index (χ4n) is 1.75. The Kier molecular flexibility index (Phi) is 3.66. The normalized spacial score (nSPS) is 18.0. The summed E-state index contributed by atoms with van der Waals surface area (Å²) in [6, 6.07) is 5.16. The zero-order valence-electron chi connectivity index (χ0n) is 11.3. The first kappa shape index (κ1) is 15.3. The van der Waals surface area contributed by atoms with E-state index in [-0.39, 0.29) is 18.2 Å². The van der Waals surface area contributed by atoms with Crippen molar-refractivity contribution in [3.8, 4) is 0 Å². The highest BCUT2D eigenvalue weighted by molar-refractivity contribution is 6.03. The highest BCUT2D eigenvalue weighted by Crippen LogP contribution is 2.38. The molecule has 0 bridgehead atoms. The van der Waals surface area contributed by atoms with E-state index < -0.39 is 17.7 Å². The molecule has 1 N–H and O–H groups in total. The van der Waals surface area contributed by atoms with Crippen LogP contribution in [0.1, 0.15) is 12.5 Å². The SMILES string of the molecule is CN(C1=NC(=O)CO1)c1ccc(C(C)(O)C(F)(F)F)cc1. The van der Waals surface area contributed by atoms with Gasteiger partial charge in [-0.2, -0.15) is 18.2 Å². The molecule has 8 heteroatoms. The number of hydrogen-bond donors (Lipinski definition) is 1. The highest BCUT2D eigenvalue weighted by Gasteiger charge is 2.51. The van der Waals surface area contributed by atoms with Crippen molar-refractivity contribution in [1.29, 1.82) is 0 Å². The van der Waals surface area contributed by atoms with Crippen molar-refractivity contribution >= 4 is 17.6 Å². The molecule has 1 atom stereocenters. The van der Waals surface area contributed by atoms with Gasteiger partial charge in [0.25, 0.3) is 11.9 Å². The maximum atomic E-state index is 12.7. The Morgan fingerprint density at radius 2 is 1.86 bits per heavy atom. The molecule has 0 saturated heterocycles. The summed E-state index contributed by atoms with van der Waals surface area (Å²) in [5.74, 6) is -0.423. The van der Waals surface area contributed by atoms with Crippen molar-refractivity contribution in [2.45, 2.75) is 18.7 Å². The van der Waals surface area contributed by atoms with E-state index in [1.54, 1.807) is 7.05 Å². The molecule has 1 aromatic carbocycles. The second kappa shape index (κ2) is 5.03. The number of nitrogens with zero attached hydrogens (tertiary/aromatic N) is 2. The third-order valence-corrected chi connectivity index (χ3v) is 3.20. The maximum absolute atomic E-state index is 12.7. The molecule has 0 fully saturated rings. The summed E-state index contributed by atoms with van der Waals surface area (Å²) in [7, 11) is 1.56. The van der Waals surface area contributed by atoms with Gasteiger partial charge in [0.1, 0.15) is 0 Å². The minimum atomic E-state index is -4.77. The van der Waals surface area contributed by atoms with Crippen LogP contribution in [-0.2, 0) is 15.1 Å². The monoisotopic (exact) mass is 302 g/mol. The van der Waals surface area contributed by atoms with E-state index in [2.05, 4.69) is 4.99 Å². The van der Waals surface area contributed by atoms with Gasteiger partial charge in [-0.3, -0.25) is 9.69 Å². The molecule has 0 aliphatic carbocycles. The lowest BCUT2D eigenvalue weighted by atomic mass is 9.95. The summed E-state index contributed by atoms with van der Waals surface area (Å²) in [4.78, 5) is 16.0. The molecule has 1 aliphatic rings. The average molecular weight is 302 g/mol. The van der Waals surface area contributed by atoms with Gasteiger partial charge < -0.3 is 9.84 Å². The van der Waals surface area contributed by atoms with E-state index >= 15 is 0 Å². The first-order valence-electron chi connectivity index (χ1n) is 6.00. The number of hydrogen-bond acceptors (Lipinski definition) is 4. The first-order valence-corrected chi connectivity index (χ1v) is 6.00. The number of rotatable bonds is 2. The van der Waals surface area contributed by atoms with Crippen molar-refractivity contribution in [2.75, 3.05) is 18.6 Å². The topological polar surface area (TPSA) is 62.1 Å². The van der Waals surface area contributed by atoms with Crippen molar-refractivity contribution in [3.63, 3.8) is 0 Å². The molecular formula is C13H13F3N2O3. The summed E-state index contributed by atoms with van der Waals surface area (Å²) in [5, 5.41) is 9.57. The van der Waals surface area contributed by atoms with Gasteiger partial charge in [0.2, 0.25) is 0 Å². The third-order valence-electron chi connectivity index (χ3n) is 3.20. The molecule has 2 rings (SSSR count). The summed E-state index contributed by atoms with van der Waals surface area (Å²) < 4.78 is 43.2. The van der Waals surface area contributed by atoms with Gasteiger partial charge in [-0.25, -0.2) is 0 Å². The second-order valence-electron chi connectivity index (χ2n) is 4.75. The minimum Gasteiger partial charge on any atom is -0.454 e. The molecule has 1 amide bonds. The van der Waals surface area contributed by atoms with Crippen molar-refractivity contribution < 1.29 is 27.8 Å². The fourth-order valence-corrected chi connectivity index (χ4v) is 1.75. The van der Waals surface area contributed by atoms with E-state index in [0.717, 1.165) is 12.1 Å². The summed E-state index contributed by atoms with van der Waals surface area (Å²) >= 11 is 0. The lowest BCUT2D eigenvalue weighted by Gasteiger charge is -2.27. The predicted octanol–water partition coefficient (Wildman–Crippen LogP) is 1.81. The van der Waals surface area contributed by atoms with Crippen LogP contribution < -0.4 is 4.90 Å². The lowest BCUT2D eigenvalue weighted by molar-refractivity contribution is -0.258. The van der Waals surface area contributed by atoms with Crippen LogP contribution >= 0.6 is 0 Å². The highest BCUT2D eigenvalue weighted by atomic mass is 19.4. The van der Waals surface area contributed by atoms with Crippen molar-refractivity contribution in [2.24, 2.45) is 4.99 Å². The zero-order chi connectivity index (χ0) is 15.8. The quantitative estimate of drug-likeness (QED) is 0.905. The van der Waals surface area contributed by atoms with Gasteiger partial charge in [0.05, 0.1) is 0 Å². The average Bonchev–Trinajstić information content (AvgIpc) is 2.83. The largest absolute Gasteiger partial charge is 0.454 e. The minimum absolute atomic E-state index is 0.0790. The molecule has 1 heterocycles. The first-order chi connectivity index (χ1) is 9.63. The van der Waals surface area contributed by atoms with E-state index in [1.165, 1.54) is 17.0 Å². The molecule has 21 heavy (non-hydrogen) atoms. The molecule has 0 spiro atoms. The van der Waals surface area contributed by atoms with Crippen LogP contribution in [-0.4, -0.2) is 36.9 Å². The number of ether oxygens (including phenoxy) is 1. The maximum Gasteiger partial charge on any atom is 0.421 e. The van der Waals surface area contributed by atoms with Crippen LogP contribution in [0.25, 0.3) is 0 Å². The van der Waals surface area contributed by atoms with E-state index in [4.69, 9.17) is 4.74 Å². The van der Waals surface area contributed by atoms with Crippen LogP contribution in [0.4, 0.5) is 18.9 Å². The molecule has 1 aliphatic heterocycles. The number of halogens is 3. The number of carbonyl (C=O) groups is 1. The summed E-state index contributed by atoms with van der Waals surface area (Å²) in [5.41, 5.74) is -2.73.